The molecule has 0 bridgehead atoms. The van der Waals surface area contributed by atoms with E-state index in [2.05, 4.69) is 0 Å². The summed E-state index contributed by atoms with van der Waals surface area (Å²) in [7, 11) is 0. The van der Waals surface area contributed by atoms with Crippen molar-refractivity contribution in [3.63, 3.8) is 0 Å². The zero-order valence-electron chi connectivity index (χ0n) is 10.8. The molecule has 94 valence electrons. The van der Waals surface area contributed by atoms with Gasteiger partial charge in [0.2, 0.25) is 5.91 Å². The van der Waals surface area contributed by atoms with Gasteiger partial charge in [0.25, 0.3) is 0 Å². The van der Waals surface area contributed by atoms with Crippen LogP contribution in [0.4, 0.5) is 5.69 Å². The second-order valence-electron chi connectivity index (χ2n) is 4.37. The fourth-order valence-corrected chi connectivity index (χ4v) is 2.13. The van der Waals surface area contributed by atoms with Crippen LogP contribution in [0, 0.1) is 0 Å². The summed E-state index contributed by atoms with van der Waals surface area (Å²) in [6.45, 7) is 4.30. The number of nitrogens with two attached hydrogens (primary N) is 1. The number of hydrogen-bond donors (Lipinski definition) is 1. The first-order valence-corrected chi connectivity index (χ1v) is 6.20. The Morgan fingerprint density at radius 3 is 2.56 bits per heavy atom. The molecular formula is C15H18N2O. The molecule has 2 aromatic carbocycles. The van der Waals surface area contributed by atoms with Crippen molar-refractivity contribution in [2.45, 2.75) is 19.9 Å². The van der Waals surface area contributed by atoms with Crippen molar-refractivity contribution in [3.8, 4) is 0 Å². The van der Waals surface area contributed by atoms with Gasteiger partial charge in [-0.15, -0.1) is 0 Å². The summed E-state index contributed by atoms with van der Waals surface area (Å²) in [5.41, 5.74) is 6.63. The Hall–Kier alpha value is -1.87. The number of benzene rings is 2. The Bertz CT molecular complexity index is 558. The van der Waals surface area contributed by atoms with Crippen LogP contribution in [-0.2, 0) is 4.79 Å². The van der Waals surface area contributed by atoms with Crippen molar-refractivity contribution in [1.29, 1.82) is 0 Å². The highest BCUT2D eigenvalue weighted by Gasteiger charge is 2.18. The number of fused-ring (bicyclic) bond motifs is 1. The first-order chi connectivity index (χ1) is 8.65. The van der Waals surface area contributed by atoms with E-state index in [4.69, 9.17) is 5.73 Å². The average Bonchev–Trinajstić information content (AvgIpc) is 2.39. The maximum absolute atomic E-state index is 12.1. The summed E-state index contributed by atoms with van der Waals surface area (Å²) in [6.07, 6.45) is 0. The molecule has 0 aromatic heterocycles. The van der Waals surface area contributed by atoms with Gasteiger partial charge in [-0.25, -0.2) is 0 Å². The van der Waals surface area contributed by atoms with Gasteiger partial charge < -0.3 is 10.6 Å². The molecule has 0 heterocycles. The first kappa shape index (κ1) is 12.6. The van der Waals surface area contributed by atoms with Gasteiger partial charge in [0, 0.05) is 11.9 Å². The van der Waals surface area contributed by atoms with Crippen molar-refractivity contribution in [2.24, 2.45) is 5.73 Å². The fraction of sp³-hybridized carbons (Fsp3) is 0.267. The summed E-state index contributed by atoms with van der Waals surface area (Å²) in [6, 6.07) is 13.5. The zero-order chi connectivity index (χ0) is 13.1. The van der Waals surface area contributed by atoms with Gasteiger partial charge >= 0.3 is 0 Å². The van der Waals surface area contributed by atoms with Crippen LogP contribution < -0.4 is 10.6 Å². The van der Waals surface area contributed by atoms with Crippen LogP contribution in [0.2, 0.25) is 0 Å². The van der Waals surface area contributed by atoms with Gasteiger partial charge in [0.05, 0.1) is 11.7 Å². The van der Waals surface area contributed by atoms with E-state index in [9.17, 15) is 4.79 Å². The molecule has 18 heavy (non-hydrogen) atoms. The number of rotatable bonds is 3. The predicted molar refractivity (Wildman–Crippen MR) is 75.6 cm³/mol. The maximum atomic E-state index is 12.1. The molecule has 0 aliphatic heterocycles. The minimum atomic E-state index is -0.482. The SMILES string of the molecule is CCN(C(=O)[C@@H](C)N)c1cccc2ccccc12. The molecule has 0 unspecified atom stereocenters. The Morgan fingerprint density at radius 1 is 1.22 bits per heavy atom. The Kier molecular flexibility index (Phi) is 3.63. The lowest BCUT2D eigenvalue weighted by Gasteiger charge is -2.24. The van der Waals surface area contributed by atoms with Crippen LogP contribution >= 0.6 is 0 Å². The highest BCUT2D eigenvalue weighted by Crippen LogP contribution is 2.26. The van der Waals surface area contributed by atoms with Gasteiger partial charge in [-0.2, -0.15) is 0 Å². The lowest BCUT2D eigenvalue weighted by atomic mass is 10.1. The lowest BCUT2D eigenvalue weighted by Crippen LogP contribution is -2.42. The van der Waals surface area contributed by atoms with Crippen LogP contribution in [0.5, 0.6) is 0 Å². The van der Waals surface area contributed by atoms with Crippen molar-refractivity contribution in [3.05, 3.63) is 42.5 Å². The minimum Gasteiger partial charge on any atom is -0.320 e. The van der Waals surface area contributed by atoms with E-state index in [1.165, 1.54) is 0 Å². The summed E-state index contributed by atoms with van der Waals surface area (Å²) in [5.74, 6) is -0.0474. The second-order valence-corrected chi connectivity index (χ2v) is 4.37. The fourth-order valence-electron chi connectivity index (χ4n) is 2.13. The van der Waals surface area contributed by atoms with Gasteiger partial charge in [-0.05, 0) is 25.3 Å². The number of hydrogen-bond acceptors (Lipinski definition) is 2. The largest absolute Gasteiger partial charge is 0.320 e. The number of anilines is 1. The molecule has 0 fully saturated rings. The van der Waals surface area contributed by atoms with E-state index >= 15 is 0 Å². The van der Waals surface area contributed by atoms with Gasteiger partial charge in [0.1, 0.15) is 0 Å². The van der Waals surface area contributed by atoms with E-state index in [1.807, 2.05) is 49.4 Å². The zero-order valence-corrected chi connectivity index (χ0v) is 10.8. The standard InChI is InChI=1S/C15H18N2O/c1-3-17(15(18)11(2)16)14-10-6-8-12-7-4-5-9-13(12)14/h4-11H,3,16H2,1-2H3/t11-/m1/s1. The molecule has 2 N–H and O–H groups in total. The van der Waals surface area contributed by atoms with Crippen molar-refractivity contribution < 1.29 is 4.79 Å². The van der Waals surface area contributed by atoms with E-state index in [1.54, 1.807) is 11.8 Å². The minimum absolute atomic E-state index is 0.0474. The summed E-state index contributed by atoms with van der Waals surface area (Å²) < 4.78 is 0. The maximum Gasteiger partial charge on any atom is 0.243 e. The molecule has 2 aromatic rings. The highest BCUT2D eigenvalue weighted by molar-refractivity contribution is 6.05. The molecule has 0 radical (unpaired) electrons. The summed E-state index contributed by atoms with van der Waals surface area (Å²) in [4.78, 5) is 13.9. The van der Waals surface area contributed by atoms with Gasteiger partial charge in [-0.3, -0.25) is 4.79 Å². The predicted octanol–water partition coefficient (Wildman–Crippen LogP) is 2.54. The van der Waals surface area contributed by atoms with E-state index in [0.717, 1.165) is 16.5 Å². The van der Waals surface area contributed by atoms with E-state index in [0.29, 0.717) is 6.54 Å². The molecule has 2 rings (SSSR count). The molecule has 0 aliphatic carbocycles. The Labute approximate surface area is 107 Å². The number of carbonyl (C=O) groups is 1. The molecule has 3 nitrogen and oxygen atoms in total. The quantitative estimate of drug-likeness (QED) is 0.899. The highest BCUT2D eigenvalue weighted by atomic mass is 16.2. The van der Waals surface area contributed by atoms with E-state index < -0.39 is 6.04 Å². The normalized spacial score (nSPS) is 12.4. The number of likely N-dealkylation sites (N-methyl/N-ethyl adjacent to an activating group) is 1. The van der Waals surface area contributed by atoms with E-state index in [-0.39, 0.29) is 5.91 Å². The van der Waals surface area contributed by atoms with Crippen LogP contribution in [-0.4, -0.2) is 18.5 Å². The van der Waals surface area contributed by atoms with Crippen molar-refractivity contribution in [2.75, 3.05) is 11.4 Å². The molecular weight excluding hydrogens is 224 g/mol. The monoisotopic (exact) mass is 242 g/mol. The third-order valence-corrected chi connectivity index (χ3v) is 3.03. The molecule has 3 heteroatoms. The van der Waals surface area contributed by atoms with Crippen LogP contribution in [0.15, 0.2) is 42.5 Å². The van der Waals surface area contributed by atoms with Crippen molar-refractivity contribution >= 4 is 22.4 Å². The van der Waals surface area contributed by atoms with Crippen molar-refractivity contribution in [1.82, 2.24) is 0 Å². The topological polar surface area (TPSA) is 46.3 Å². The Morgan fingerprint density at radius 2 is 1.89 bits per heavy atom. The molecule has 0 saturated heterocycles. The molecule has 1 amide bonds. The molecule has 0 spiro atoms. The molecule has 0 saturated carbocycles. The van der Waals surface area contributed by atoms with Gasteiger partial charge in [0.15, 0.2) is 0 Å². The number of nitrogens with zero attached hydrogens (tertiary/aromatic N) is 1. The smallest absolute Gasteiger partial charge is 0.243 e. The van der Waals surface area contributed by atoms with Crippen LogP contribution in [0.25, 0.3) is 10.8 Å². The molecule has 1 atom stereocenters. The third kappa shape index (κ3) is 2.22. The van der Waals surface area contributed by atoms with Crippen LogP contribution in [0.1, 0.15) is 13.8 Å². The third-order valence-electron chi connectivity index (χ3n) is 3.03. The summed E-state index contributed by atoms with van der Waals surface area (Å²) in [5, 5.41) is 2.21. The summed E-state index contributed by atoms with van der Waals surface area (Å²) >= 11 is 0. The number of carbonyl (C=O) groups excluding carboxylic acids is 1. The average molecular weight is 242 g/mol. The molecule has 0 aliphatic rings. The lowest BCUT2D eigenvalue weighted by molar-refractivity contribution is -0.119. The Balaban J connectivity index is 2.55. The second kappa shape index (κ2) is 5.19. The van der Waals surface area contributed by atoms with Crippen LogP contribution in [0.3, 0.4) is 0 Å². The first-order valence-electron chi connectivity index (χ1n) is 6.20. The van der Waals surface area contributed by atoms with Gasteiger partial charge in [-0.1, -0.05) is 36.4 Å². The number of amides is 1.